The molecular formula is C15H21N3O. The van der Waals surface area contributed by atoms with E-state index >= 15 is 0 Å². The minimum atomic E-state index is 0.0348. The first kappa shape index (κ1) is 13.7. The number of aromatic nitrogens is 3. The van der Waals surface area contributed by atoms with Gasteiger partial charge in [-0.05, 0) is 30.0 Å². The van der Waals surface area contributed by atoms with Gasteiger partial charge in [0.1, 0.15) is 11.6 Å². The van der Waals surface area contributed by atoms with Crippen LogP contribution in [-0.2, 0) is 13.0 Å². The zero-order valence-electron chi connectivity index (χ0n) is 11.8. The normalized spacial score (nSPS) is 11.2. The van der Waals surface area contributed by atoms with E-state index in [9.17, 15) is 5.11 Å². The maximum Gasteiger partial charge on any atom is 0.138 e. The Morgan fingerprint density at radius 3 is 2.74 bits per heavy atom. The smallest absolute Gasteiger partial charge is 0.138 e. The SMILES string of the molecule is CCCc1nccn1-c1cc(CO)cc(C(C)C)n1. The summed E-state index contributed by atoms with van der Waals surface area (Å²) in [6, 6.07) is 3.89. The van der Waals surface area contributed by atoms with Crippen molar-refractivity contribution in [3.8, 4) is 5.82 Å². The summed E-state index contributed by atoms with van der Waals surface area (Å²) < 4.78 is 2.01. The number of pyridine rings is 1. The van der Waals surface area contributed by atoms with Gasteiger partial charge in [0.25, 0.3) is 0 Å². The molecule has 0 aliphatic heterocycles. The van der Waals surface area contributed by atoms with Crippen molar-refractivity contribution in [3.05, 3.63) is 41.6 Å². The molecule has 0 aliphatic carbocycles. The van der Waals surface area contributed by atoms with Gasteiger partial charge in [-0.15, -0.1) is 0 Å². The standard InChI is InChI=1S/C15H21N3O/c1-4-5-14-16-6-7-18(14)15-9-12(10-19)8-13(17-15)11(2)3/h6-9,11,19H,4-5,10H2,1-3H3. The third kappa shape index (κ3) is 3.01. The van der Waals surface area contributed by atoms with Crippen LogP contribution in [0.1, 0.15) is 50.2 Å². The summed E-state index contributed by atoms with van der Waals surface area (Å²) in [5, 5.41) is 9.39. The number of hydrogen-bond donors (Lipinski definition) is 1. The van der Waals surface area contributed by atoms with Crippen LogP contribution in [-0.4, -0.2) is 19.6 Å². The molecule has 4 heteroatoms. The molecule has 1 N–H and O–H groups in total. The van der Waals surface area contributed by atoms with E-state index < -0.39 is 0 Å². The molecule has 0 saturated heterocycles. The number of aliphatic hydroxyl groups is 1. The van der Waals surface area contributed by atoms with E-state index in [1.165, 1.54) is 0 Å². The largest absolute Gasteiger partial charge is 0.392 e. The Morgan fingerprint density at radius 2 is 2.11 bits per heavy atom. The second kappa shape index (κ2) is 5.97. The topological polar surface area (TPSA) is 50.9 Å². The molecule has 0 aliphatic rings. The molecule has 0 aromatic carbocycles. The van der Waals surface area contributed by atoms with Gasteiger partial charge in [0.05, 0.1) is 6.61 Å². The molecule has 0 unspecified atom stereocenters. The number of hydrogen-bond acceptors (Lipinski definition) is 3. The highest BCUT2D eigenvalue weighted by Crippen LogP contribution is 2.18. The highest BCUT2D eigenvalue weighted by Gasteiger charge is 2.10. The van der Waals surface area contributed by atoms with Crippen LogP contribution in [0, 0.1) is 0 Å². The Kier molecular flexibility index (Phi) is 4.32. The summed E-state index contributed by atoms with van der Waals surface area (Å²) in [5.41, 5.74) is 1.89. The summed E-state index contributed by atoms with van der Waals surface area (Å²) in [6.45, 7) is 6.38. The Balaban J connectivity index is 2.48. The van der Waals surface area contributed by atoms with Crippen LogP contribution < -0.4 is 0 Å². The van der Waals surface area contributed by atoms with Gasteiger partial charge in [-0.2, -0.15) is 0 Å². The summed E-state index contributed by atoms with van der Waals surface area (Å²) >= 11 is 0. The van der Waals surface area contributed by atoms with Gasteiger partial charge >= 0.3 is 0 Å². The summed E-state index contributed by atoms with van der Waals surface area (Å²) in [7, 11) is 0. The molecule has 0 spiro atoms. The third-order valence-electron chi connectivity index (χ3n) is 3.10. The Bertz CT molecular complexity index is 546. The van der Waals surface area contributed by atoms with Gasteiger partial charge in [-0.1, -0.05) is 20.8 Å². The van der Waals surface area contributed by atoms with Gasteiger partial charge in [0.2, 0.25) is 0 Å². The van der Waals surface area contributed by atoms with E-state index in [1.54, 1.807) is 6.20 Å². The molecule has 0 amide bonds. The predicted octanol–water partition coefficient (Wildman–Crippen LogP) is 2.84. The first-order chi connectivity index (χ1) is 9.15. The van der Waals surface area contributed by atoms with E-state index in [0.29, 0.717) is 5.92 Å². The minimum absolute atomic E-state index is 0.0348. The van der Waals surface area contributed by atoms with Crippen LogP contribution in [0.3, 0.4) is 0 Å². The fraction of sp³-hybridized carbons (Fsp3) is 0.467. The summed E-state index contributed by atoms with van der Waals surface area (Å²) in [6.07, 6.45) is 5.70. The van der Waals surface area contributed by atoms with Gasteiger partial charge in [-0.25, -0.2) is 9.97 Å². The van der Waals surface area contributed by atoms with Crippen molar-refractivity contribution in [1.82, 2.24) is 14.5 Å². The van der Waals surface area contributed by atoms with E-state index in [0.717, 1.165) is 35.7 Å². The maximum absolute atomic E-state index is 9.39. The zero-order valence-corrected chi connectivity index (χ0v) is 11.8. The first-order valence-electron chi connectivity index (χ1n) is 6.80. The van der Waals surface area contributed by atoms with Crippen molar-refractivity contribution in [1.29, 1.82) is 0 Å². The number of imidazole rings is 1. The monoisotopic (exact) mass is 259 g/mol. The van der Waals surface area contributed by atoms with E-state index in [1.807, 2.05) is 22.9 Å². The minimum Gasteiger partial charge on any atom is -0.392 e. The second-order valence-corrected chi connectivity index (χ2v) is 5.03. The fourth-order valence-electron chi connectivity index (χ4n) is 2.06. The molecule has 0 atom stereocenters. The molecule has 19 heavy (non-hydrogen) atoms. The van der Waals surface area contributed by atoms with Gasteiger partial charge in [0.15, 0.2) is 0 Å². The third-order valence-corrected chi connectivity index (χ3v) is 3.10. The summed E-state index contributed by atoms with van der Waals surface area (Å²) in [5.74, 6) is 2.19. The number of nitrogens with zero attached hydrogens (tertiary/aromatic N) is 3. The Morgan fingerprint density at radius 1 is 1.32 bits per heavy atom. The molecule has 4 nitrogen and oxygen atoms in total. The lowest BCUT2D eigenvalue weighted by molar-refractivity contribution is 0.281. The molecule has 0 fully saturated rings. The van der Waals surface area contributed by atoms with Gasteiger partial charge in [-0.3, -0.25) is 4.57 Å². The lowest BCUT2D eigenvalue weighted by Crippen LogP contribution is -2.06. The van der Waals surface area contributed by atoms with Crippen LogP contribution in [0.5, 0.6) is 0 Å². The van der Waals surface area contributed by atoms with Crippen LogP contribution in [0.4, 0.5) is 0 Å². The van der Waals surface area contributed by atoms with Gasteiger partial charge in [0, 0.05) is 24.5 Å². The Hall–Kier alpha value is -1.68. The average Bonchev–Trinajstić information content (AvgIpc) is 2.87. The maximum atomic E-state index is 9.39. The van der Waals surface area contributed by atoms with E-state index in [2.05, 4.69) is 30.7 Å². The molecular weight excluding hydrogens is 238 g/mol. The Labute approximate surface area is 114 Å². The van der Waals surface area contributed by atoms with E-state index in [4.69, 9.17) is 0 Å². The van der Waals surface area contributed by atoms with Crippen LogP contribution in [0.25, 0.3) is 5.82 Å². The molecule has 2 rings (SSSR count). The number of aryl methyl sites for hydroxylation is 1. The van der Waals surface area contributed by atoms with Gasteiger partial charge < -0.3 is 5.11 Å². The molecule has 102 valence electrons. The molecule has 0 bridgehead atoms. The molecule has 0 saturated carbocycles. The molecule has 2 heterocycles. The van der Waals surface area contributed by atoms with Crippen LogP contribution >= 0.6 is 0 Å². The van der Waals surface area contributed by atoms with Crippen LogP contribution in [0.2, 0.25) is 0 Å². The molecule has 0 radical (unpaired) electrons. The first-order valence-corrected chi connectivity index (χ1v) is 6.80. The number of rotatable bonds is 5. The highest BCUT2D eigenvalue weighted by molar-refractivity contribution is 5.33. The predicted molar refractivity (Wildman–Crippen MR) is 75.4 cm³/mol. The fourth-order valence-corrected chi connectivity index (χ4v) is 2.06. The van der Waals surface area contributed by atoms with Crippen molar-refractivity contribution in [2.24, 2.45) is 0 Å². The van der Waals surface area contributed by atoms with Crippen molar-refractivity contribution in [2.75, 3.05) is 0 Å². The van der Waals surface area contributed by atoms with Crippen LogP contribution in [0.15, 0.2) is 24.5 Å². The molecule has 2 aromatic heterocycles. The lowest BCUT2D eigenvalue weighted by Gasteiger charge is -2.12. The van der Waals surface area contributed by atoms with E-state index in [-0.39, 0.29) is 6.61 Å². The lowest BCUT2D eigenvalue weighted by atomic mass is 10.1. The summed E-state index contributed by atoms with van der Waals surface area (Å²) in [4.78, 5) is 9.05. The van der Waals surface area contributed by atoms with Crippen molar-refractivity contribution < 1.29 is 5.11 Å². The quantitative estimate of drug-likeness (QED) is 0.898. The molecule has 2 aromatic rings. The van der Waals surface area contributed by atoms with Crippen molar-refractivity contribution >= 4 is 0 Å². The zero-order chi connectivity index (χ0) is 13.8. The second-order valence-electron chi connectivity index (χ2n) is 5.03. The number of aliphatic hydroxyl groups excluding tert-OH is 1. The van der Waals surface area contributed by atoms with Crippen molar-refractivity contribution in [2.45, 2.75) is 46.1 Å². The van der Waals surface area contributed by atoms with Crippen molar-refractivity contribution in [3.63, 3.8) is 0 Å². The average molecular weight is 259 g/mol. The highest BCUT2D eigenvalue weighted by atomic mass is 16.3.